The van der Waals surface area contributed by atoms with Gasteiger partial charge in [-0.1, -0.05) is 289 Å². The average Bonchev–Trinajstić information content (AvgIpc) is 3.35. The van der Waals surface area contributed by atoms with Gasteiger partial charge in [-0.15, -0.1) is 0 Å². The molecular weight excluding hydrogens is 930 g/mol. The van der Waals surface area contributed by atoms with Gasteiger partial charge in [0.2, 0.25) is 0 Å². The van der Waals surface area contributed by atoms with E-state index in [0.29, 0.717) is 23.9 Å². The van der Waals surface area contributed by atoms with Gasteiger partial charge in [-0.3, -0.25) is 18.6 Å². The molecule has 434 valence electrons. The quantitative estimate of drug-likeness (QED) is 0.0211. The number of phosphoric acid groups is 1. The maximum absolute atomic E-state index is 12.8. The third kappa shape index (κ3) is 59.8. The Morgan fingerprint density at radius 2 is 0.699 bits per heavy atom. The van der Waals surface area contributed by atoms with E-state index in [1.807, 2.05) is 21.1 Å². The molecule has 9 nitrogen and oxygen atoms in total. The van der Waals surface area contributed by atoms with Gasteiger partial charge in [0.25, 0.3) is 0 Å². The van der Waals surface area contributed by atoms with E-state index in [1.165, 1.54) is 244 Å². The van der Waals surface area contributed by atoms with Gasteiger partial charge in [-0.25, -0.2) is 4.57 Å². The number of carbonyl (C=O) groups excluding carboxylic acids is 2. The van der Waals surface area contributed by atoms with Gasteiger partial charge in [0.05, 0.1) is 27.7 Å². The molecule has 2 unspecified atom stereocenters. The van der Waals surface area contributed by atoms with Crippen LogP contribution in [0.25, 0.3) is 0 Å². The van der Waals surface area contributed by atoms with E-state index in [1.54, 1.807) is 0 Å². The van der Waals surface area contributed by atoms with Gasteiger partial charge in [-0.05, 0) is 38.5 Å². The van der Waals surface area contributed by atoms with Gasteiger partial charge < -0.3 is 18.9 Å². The van der Waals surface area contributed by atoms with E-state index < -0.39 is 26.5 Å². The Hall–Kier alpha value is -1.25. The highest BCUT2D eigenvalue weighted by Gasteiger charge is 2.27. The first-order valence-corrected chi connectivity index (χ1v) is 33.4. The standard InChI is InChI=1S/C63H124NO8P/c1-6-8-10-12-14-16-18-20-22-24-25-26-27-28-29-30-31-32-33-34-35-36-37-38-39-40-42-43-45-47-49-51-53-55-62(65)69-59-61(60-71-73(67,68)70-58-57-64(3,4)5)72-63(66)56-54-52-50-48-46-44-41-23-21-19-17-15-13-11-9-7-2/h23,41,61H,6-22,24-40,42-60H2,1-5H3/p+1/b41-23-. The Labute approximate surface area is 454 Å². The molecule has 2 atom stereocenters. The number of hydrogen-bond donors (Lipinski definition) is 1. The number of rotatable bonds is 60. The minimum absolute atomic E-state index is 0.0337. The number of carbonyl (C=O) groups is 2. The number of likely N-dealkylation sites (N-methyl/N-ethyl adjacent to an activating group) is 1. The van der Waals surface area contributed by atoms with E-state index in [4.69, 9.17) is 18.5 Å². The topological polar surface area (TPSA) is 108 Å². The van der Waals surface area contributed by atoms with E-state index >= 15 is 0 Å². The van der Waals surface area contributed by atoms with Crippen LogP contribution in [0.1, 0.15) is 328 Å². The van der Waals surface area contributed by atoms with Crippen LogP contribution in [-0.2, 0) is 32.7 Å². The Morgan fingerprint density at radius 3 is 1.01 bits per heavy atom. The molecule has 0 saturated heterocycles. The molecule has 0 aromatic rings. The first-order valence-electron chi connectivity index (χ1n) is 31.9. The fourth-order valence-corrected chi connectivity index (χ4v) is 10.3. The van der Waals surface area contributed by atoms with Crippen molar-refractivity contribution >= 4 is 19.8 Å². The van der Waals surface area contributed by atoms with Crippen LogP contribution in [0, 0.1) is 0 Å². The largest absolute Gasteiger partial charge is 0.472 e. The van der Waals surface area contributed by atoms with Gasteiger partial charge in [0.15, 0.2) is 6.10 Å². The molecule has 0 amide bonds. The first kappa shape index (κ1) is 71.8. The summed E-state index contributed by atoms with van der Waals surface area (Å²) in [4.78, 5) is 35.7. The zero-order valence-corrected chi connectivity index (χ0v) is 50.3. The summed E-state index contributed by atoms with van der Waals surface area (Å²) in [5, 5.41) is 0. The highest BCUT2D eigenvalue weighted by atomic mass is 31.2. The molecule has 0 aliphatic carbocycles. The van der Waals surface area contributed by atoms with Gasteiger partial charge in [-0.2, -0.15) is 0 Å². The lowest BCUT2D eigenvalue weighted by molar-refractivity contribution is -0.870. The smallest absolute Gasteiger partial charge is 0.462 e. The molecule has 0 saturated carbocycles. The summed E-state index contributed by atoms with van der Waals surface area (Å²) in [6.07, 6.45) is 66.0. The fraction of sp³-hybridized carbons (Fsp3) is 0.937. The van der Waals surface area contributed by atoms with Crippen LogP contribution in [0.4, 0.5) is 0 Å². The van der Waals surface area contributed by atoms with Crippen molar-refractivity contribution in [2.75, 3.05) is 47.5 Å². The summed E-state index contributed by atoms with van der Waals surface area (Å²) in [5.41, 5.74) is 0. The number of esters is 2. The molecule has 0 aliphatic heterocycles. The lowest BCUT2D eigenvalue weighted by atomic mass is 10.0. The van der Waals surface area contributed by atoms with Gasteiger partial charge in [0, 0.05) is 12.8 Å². The van der Waals surface area contributed by atoms with Crippen molar-refractivity contribution in [3.63, 3.8) is 0 Å². The summed E-state index contributed by atoms with van der Waals surface area (Å²) >= 11 is 0. The maximum atomic E-state index is 12.8. The number of unbranched alkanes of at least 4 members (excludes halogenated alkanes) is 44. The van der Waals surface area contributed by atoms with Crippen molar-refractivity contribution in [2.24, 2.45) is 0 Å². The molecule has 0 rings (SSSR count). The predicted molar refractivity (Wildman–Crippen MR) is 312 cm³/mol. The lowest BCUT2D eigenvalue weighted by Crippen LogP contribution is -2.37. The minimum atomic E-state index is -4.38. The third-order valence-corrected chi connectivity index (χ3v) is 15.5. The number of ether oxygens (including phenoxy) is 2. The minimum Gasteiger partial charge on any atom is -0.462 e. The average molecular weight is 1060 g/mol. The SMILES string of the molecule is CCCCCCCCC/C=C\CCCCCCCC(=O)OC(COC(=O)CCCCCCCCCCCCCCCCCCCCCCCCCCCCCCCCCCC)COP(=O)(O)OCC[N+](C)(C)C. The number of phosphoric ester groups is 1. The zero-order valence-electron chi connectivity index (χ0n) is 49.4. The van der Waals surface area contributed by atoms with Crippen LogP contribution in [-0.4, -0.2) is 74.9 Å². The second kappa shape index (κ2) is 55.5. The van der Waals surface area contributed by atoms with Crippen LogP contribution < -0.4 is 0 Å². The monoisotopic (exact) mass is 1050 g/mol. The van der Waals surface area contributed by atoms with Crippen molar-refractivity contribution in [2.45, 2.75) is 335 Å². The van der Waals surface area contributed by atoms with Crippen LogP contribution in [0.15, 0.2) is 12.2 Å². The Morgan fingerprint density at radius 1 is 0.411 bits per heavy atom. The predicted octanol–water partition coefficient (Wildman–Crippen LogP) is 20.0. The molecule has 0 radical (unpaired) electrons. The summed E-state index contributed by atoms with van der Waals surface area (Å²) in [6, 6.07) is 0. The zero-order chi connectivity index (χ0) is 53.5. The number of hydrogen-bond acceptors (Lipinski definition) is 7. The molecule has 0 heterocycles. The van der Waals surface area contributed by atoms with E-state index in [2.05, 4.69) is 26.0 Å². The summed E-state index contributed by atoms with van der Waals surface area (Å²) in [6.45, 7) is 4.48. The van der Waals surface area contributed by atoms with Crippen LogP contribution in [0.2, 0.25) is 0 Å². The maximum Gasteiger partial charge on any atom is 0.472 e. The molecule has 10 heteroatoms. The van der Waals surface area contributed by atoms with Crippen molar-refractivity contribution < 1.29 is 42.1 Å². The lowest BCUT2D eigenvalue weighted by Gasteiger charge is -2.24. The fourth-order valence-electron chi connectivity index (χ4n) is 9.60. The molecule has 73 heavy (non-hydrogen) atoms. The van der Waals surface area contributed by atoms with Crippen molar-refractivity contribution in [1.29, 1.82) is 0 Å². The summed E-state index contributed by atoms with van der Waals surface area (Å²) in [7, 11) is 1.49. The van der Waals surface area contributed by atoms with Crippen LogP contribution >= 0.6 is 7.82 Å². The van der Waals surface area contributed by atoms with Crippen molar-refractivity contribution in [3.8, 4) is 0 Å². The summed E-state index contributed by atoms with van der Waals surface area (Å²) in [5.74, 6) is -0.788. The highest BCUT2D eigenvalue weighted by molar-refractivity contribution is 7.47. The Bertz CT molecular complexity index is 1240. The molecule has 0 bridgehead atoms. The Balaban J connectivity index is 3.94. The molecule has 0 fully saturated rings. The van der Waals surface area contributed by atoms with E-state index in [0.717, 1.165) is 51.4 Å². The second-order valence-corrected chi connectivity index (χ2v) is 24.6. The molecular formula is C63H125NO8P+. The normalized spacial score (nSPS) is 13.2. The van der Waals surface area contributed by atoms with Gasteiger partial charge >= 0.3 is 19.8 Å². The molecule has 0 aromatic carbocycles. The Kier molecular flexibility index (Phi) is 54.6. The second-order valence-electron chi connectivity index (χ2n) is 23.2. The van der Waals surface area contributed by atoms with Crippen LogP contribution in [0.5, 0.6) is 0 Å². The molecule has 0 aliphatic rings. The van der Waals surface area contributed by atoms with Gasteiger partial charge in [0.1, 0.15) is 19.8 Å². The molecule has 0 spiro atoms. The van der Waals surface area contributed by atoms with Crippen LogP contribution in [0.3, 0.4) is 0 Å². The number of allylic oxidation sites excluding steroid dienone is 2. The van der Waals surface area contributed by atoms with Crippen molar-refractivity contribution in [1.82, 2.24) is 0 Å². The molecule has 0 aromatic heterocycles. The first-order chi connectivity index (χ1) is 35.5. The molecule has 1 N–H and O–H groups in total. The van der Waals surface area contributed by atoms with Crippen molar-refractivity contribution in [3.05, 3.63) is 12.2 Å². The third-order valence-electron chi connectivity index (χ3n) is 14.5. The van der Waals surface area contributed by atoms with E-state index in [9.17, 15) is 19.0 Å². The number of quaternary nitrogens is 1. The van der Waals surface area contributed by atoms with E-state index in [-0.39, 0.29) is 25.6 Å². The highest BCUT2D eigenvalue weighted by Crippen LogP contribution is 2.43. The summed E-state index contributed by atoms with van der Waals surface area (Å²) < 4.78 is 34.6. The number of nitrogens with zero attached hydrogens (tertiary/aromatic N) is 1.